The molecule has 0 aliphatic carbocycles. The van der Waals surface area contributed by atoms with Crippen molar-refractivity contribution >= 4 is 29.1 Å². The van der Waals surface area contributed by atoms with E-state index in [1.165, 1.54) is 7.11 Å². The smallest absolute Gasteiger partial charge is 0.337 e. The van der Waals surface area contributed by atoms with Gasteiger partial charge in [-0.15, -0.1) is 0 Å². The maximum atomic E-state index is 12.4. The van der Waals surface area contributed by atoms with Crippen molar-refractivity contribution in [3.63, 3.8) is 0 Å². The highest BCUT2D eigenvalue weighted by Gasteiger charge is 2.16. The number of nitrogens with zero attached hydrogens (tertiary/aromatic N) is 1. The molecule has 0 spiro atoms. The summed E-state index contributed by atoms with van der Waals surface area (Å²) in [6, 6.07) is 15.3. The fourth-order valence-electron chi connectivity index (χ4n) is 2.74. The van der Waals surface area contributed by atoms with Crippen molar-refractivity contribution in [3.05, 3.63) is 71.9 Å². The number of fused-ring (bicyclic) bond motifs is 1. The zero-order valence-electron chi connectivity index (χ0n) is 15.5. The van der Waals surface area contributed by atoms with E-state index in [9.17, 15) is 9.59 Å². The first-order valence-electron chi connectivity index (χ1n) is 8.75. The summed E-state index contributed by atoms with van der Waals surface area (Å²) in [5.41, 5.74) is 2.44. The van der Waals surface area contributed by atoms with Crippen LogP contribution < -0.4 is 20.1 Å². The molecule has 2 aromatic carbocycles. The highest BCUT2D eigenvalue weighted by atomic mass is 16.7. The van der Waals surface area contributed by atoms with Crippen LogP contribution in [-0.4, -0.2) is 30.8 Å². The van der Waals surface area contributed by atoms with Gasteiger partial charge in [0.15, 0.2) is 11.5 Å². The molecule has 8 nitrogen and oxygen atoms in total. The number of hydrogen-bond acceptors (Lipinski definition) is 7. The Balaban J connectivity index is 1.39. The van der Waals surface area contributed by atoms with Gasteiger partial charge in [-0.05, 0) is 54.6 Å². The lowest BCUT2D eigenvalue weighted by Crippen LogP contribution is -2.12. The minimum atomic E-state index is -0.388. The van der Waals surface area contributed by atoms with Crippen LogP contribution in [0.3, 0.4) is 0 Å². The molecule has 146 valence electrons. The van der Waals surface area contributed by atoms with Crippen LogP contribution in [0.25, 0.3) is 0 Å². The molecule has 1 amide bonds. The fraction of sp³-hybridized carbons (Fsp3) is 0.0952. The Bertz CT molecular complexity index is 1050. The predicted molar refractivity (Wildman–Crippen MR) is 106 cm³/mol. The van der Waals surface area contributed by atoms with Gasteiger partial charge < -0.3 is 24.8 Å². The monoisotopic (exact) mass is 391 g/mol. The second kappa shape index (κ2) is 7.89. The number of methoxy groups -OCH3 is 1. The minimum Gasteiger partial charge on any atom is -0.465 e. The molecule has 0 radical (unpaired) electrons. The van der Waals surface area contributed by atoms with E-state index in [4.69, 9.17) is 9.47 Å². The van der Waals surface area contributed by atoms with Crippen molar-refractivity contribution in [3.8, 4) is 11.5 Å². The van der Waals surface area contributed by atoms with Crippen molar-refractivity contribution in [1.29, 1.82) is 0 Å². The number of esters is 1. The summed E-state index contributed by atoms with van der Waals surface area (Å²) in [7, 11) is 1.34. The number of carbonyl (C=O) groups excluding carboxylic acids is 2. The van der Waals surface area contributed by atoms with E-state index in [1.807, 2.05) is 0 Å². The Kier molecular flexibility index (Phi) is 4.98. The van der Waals surface area contributed by atoms with Gasteiger partial charge in [0, 0.05) is 11.3 Å². The average molecular weight is 391 g/mol. The number of carbonyl (C=O) groups is 2. The molecule has 4 rings (SSSR count). The highest BCUT2D eigenvalue weighted by molar-refractivity contribution is 6.04. The van der Waals surface area contributed by atoms with E-state index in [-0.39, 0.29) is 18.7 Å². The number of rotatable bonds is 5. The van der Waals surface area contributed by atoms with Gasteiger partial charge in [0.2, 0.25) is 6.79 Å². The maximum absolute atomic E-state index is 12.4. The molecular formula is C21H17N3O5. The highest BCUT2D eigenvalue weighted by Crippen LogP contribution is 2.32. The lowest BCUT2D eigenvalue weighted by Gasteiger charge is -2.09. The number of nitrogens with one attached hydrogen (secondary N) is 2. The summed E-state index contributed by atoms with van der Waals surface area (Å²) in [5.74, 6) is 0.896. The molecule has 0 saturated carbocycles. The summed E-state index contributed by atoms with van der Waals surface area (Å²) in [5, 5.41) is 5.91. The molecule has 2 N–H and O–H groups in total. The first kappa shape index (κ1) is 18.3. The van der Waals surface area contributed by atoms with Crippen LogP contribution in [0, 0.1) is 0 Å². The summed E-state index contributed by atoms with van der Waals surface area (Å²) in [4.78, 5) is 28.1. The Labute approximate surface area is 166 Å². The van der Waals surface area contributed by atoms with Gasteiger partial charge in [0.25, 0.3) is 5.91 Å². The van der Waals surface area contributed by atoms with Crippen LogP contribution in [-0.2, 0) is 4.74 Å². The zero-order chi connectivity index (χ0) is 20.2. The van der Waals surface area contributed by atoms with Gasteiger partial charge in [-0.2, -0.15) is 0 Å². The fourth-order valence-corrected chi connectivity index (χ4v) is 2.74. The second-order valence-corrected chi connectivity index (χ2v) is 6.15. The first-order valence-corrected chi connectivity index (χ1v) is 8.75. The largest absolute Gasteiger partial charge is 0.465 e. The number of hydrogen-bond donors (Lipinski definition) is 2. The Morgan fingerprint density at radius 1 is 0.931 bits per heavy atom. The number of benzene rings is 2. The number of aromatic nitrogens is 1. The maximum Gasteiger partial charge on any atom is 0.337 e. The lowest BCUT2D eigenvalue weighted by atomic mass is 10.2. The summed E-state index contributed by atoms with van der Waals surface area (Å²) in [6.45, 7) is 0.155. The van der Waals surface area contributed by atoms with Crippen LogP contribution in [0.2, 0.25) is 0 Å². The molecule has 0 bridgehead atoms. The molecule has 1 aromatic heterocycles. The third-order valence-corrected chi connectivity index (χ3v) is 4.23. The van der Waals surface area contributed by atoms with Crippen molar-refractivity contribution in [2.45, 2.75) is 0 Å². The van der Waals surface area contributed by atoms with E-state index in [0.717, 1.165) is 11.4 Å². The SMILES string of the molecule is COC(=O)c1ccc(Nc2ccc(NC(=O)c3ccc4c(c3)OCO4)nc2)cc1. The normalized spacial score (nSPS) is 11.6. The number of pyridine rings is 1. The van der Waals surface area contributed by atoms with Gasteiger partial charge >= 0.3 is 5.97 Å². The van der Waals surface area contributed by atoms with Crippen LogP contribution in [0.1, 0.15) is 20.7 Å². The zero-order valence-corrected chi connectivity index (χ0v) is 15.5. The average Bonchev–Trinajstić information content (AvgIpc) is 3.23. The van der Waals surface area contributed by atoms with Crippen LogP contribution in [0.5, 0.6) is 11.5 Å². The van der Waals surface area contributed by atoms with Gasteiger partial charge in [0.1, 0.15) is 5.82 Å². The standard InChI is InChI=1S/C21H17N3O5/c1-27-21(26)13-2-5-15(6-3-13)23-16-7-9-19(22-11-16)24-20(25)14-4-8-17-18(10-14)29-12-28-17/h2-11,23H,12H2,1H3,(H,22,24,25). The van der Waals surface area contributed by atoms with E-state index in [2.05, 4.69) is 20.4 Å². The molecule has 3 aromatic rings. The Morgan fingerprint density at radius 2 is 1.66 bits per heavy atom. The van der Waals surface area contributed by atoms with Crippen LogP contribution in [0.15, 0.2) is 60.8 Å². The third kappa shape index (κ3) is 4.11. The number of amides is 1. The first-order chi connectivity index (χ1) is 14.1. The molecule has 8 heteroatoms. The van der Waals surface area contributed by atoms with Gasteiger partial charge in [0.05, 0.1) is 24.6 Å². The third-order valence-electron chi connectivity index (χ3n) is 4.23. The minimum absolute atomic E-state index is 0.155. The van der Waals surface area contributed by atoms with Crippen molar-refractivity contribution in [2.24, 2.45) is 0 Å². The Hall–Kier alpha value is -4.07. The summed E-state index contributed by atoms with van der Waals surface area (Å²) >= 11 is 0. The van der Waals surface area contributed by atoms with Gasteiger partial charge in [-0.25, -0.2) is 9.78 Å². The quantitative estimate of drug-likeness (QED) is 0.641. The van der Waals surface area contributed by atoms with Crippen LogP contribution in [0.4, 0.5) is 17.2 Å². The van der Waals surface area contributed by atoms with E-state index in [1.54, 1.807) is 60.8 Å². The molecular weight excluding hydrogens is 374 g/mol. The number of ether oxygens (including phenoxy) is 3. The Morgan fingerprint density at radius 3 is 2.38 bits per heavy atom. The van der Waals surface area contributed by atoms with Gasteiger partial charge in [-0.1, -0.05) is 0 Å². The summed E-state index contributed by atoms with van der Waals surface area (Å²) < 4.78 is 15.2. The van der Waals surface area contributed by atoms with Crippen molar-refractivity contribution in [2.75, 3.05) is 24.5 Å². The molecule has 0 atom stereocenters. The molecule has 0 unspecified atom stereocenters. The molecule has 0 saturated heterocycles. The molecule has 1 aliphatic rings. The predicted octanol–water partition coefficient (Wildman–Crippen LogP) is 3.59. The van der Waals surface area contributed by atoms with Crippen molar-refractivity contribution < 1.29 is 23.8 Å². The molecule has 0 fully saturated rings. The number of anilines is 3. The molecule has 1 aliphatic heterocycles. The van der Waals surface area contributed by atoms with E-state index >= 15 is 0 Å². The van der Waals surface area contributed by atoms with Crippen LogP contribution >= 0.6 is 0 Å². The molecule has 2 heterocycles. The van der Waals surface area contributed by atoms with Gasteiger partial charge in [-0.3, -0.25) is 4.79 Å². The van der Waals surface area contributed by atoms with E-state index < -0.39 is 0 Å². The summed E-state index contributed by atoms with van der Waals surface area (Å²) in [6.07, 6.45) is 1.60. The van der Waals surface area contributed by atoms with Crippen molar-refractivity contribution in [1.82, 2.24) is 4.98 Å². The second-order valence-electron chi connectivity index (χ2n) is 6.15. The van der Waals surface area contributed by atoms with E-state index in [0.29, 0.717) is 28.4 Å². The molecule has 29 heavy (non-hydrogen) atoms. The lowest BCUT2D eigenvalue weighted by molar-refractivity contribution is 0.0600. The topological polar surface area (TPSA) is 98.8 Å².